The minimum atomic E-state index is 0.0560. The first-order valence-electron chi connectivity index (χ1n) is 7.87. The average molecular weight is 342 g/mol. The molecule has 3 heterocycles. The van der Waals surface area contributed by atoms with Crippen LogP contribution in [0.1, 0.15) is 5.56 Å². The van der Waals surface area contributed by atoms with Gasteiger partial charge < -0.3 is 9.84 Å². The van der Waals surface area contributed by atoms with Crippen molar-refractivity contribution >= 4 is 27.5 Å². The van der Waals surface area contributed by atoms with Gasteiger partial charge in [0, 0.05) is 24.0 Å². The molecule has 6 nitrogen and oxygen atoms in total. The zero-order chi connectivity index (χ0) is 16.4. The third kappa shape index (κ3) is 3.11. The number of aliphatic hydroxyl groups excluding tert-OH is 1. The first-order valence-corrected chi connectivity index (χ1v) is 8.75. The highest BCUT2D eigenvalue weighted by molar-refractivity contribution is 7.17. The second-order valence-corrected chi connectivity index (χ2v) is 6.53. The molecule has 0 radical (unpaired) electrons. The molecule has 0 bridgehead atoms. The predicted octanol–water partition coefficient (Wildman–Crippen LogP) is 2.51. The van der Waals surface area contributed by atoms with Crippen molar-refractivity contribution in [3.05, 3.63) is 41.4 Å². The molecule has 0 unspecified atom stereocenters. The van der Waals surface area contributed by atoms with Gasteiger partial charge in [0.2, 0.25) is 5.95 Å². The van der Waals surface area contributed by atoms with E-state index in [9.17, 15) is 5.11 Å². The van der Waals surface area contributed by atoms with Crippen molar-refractivity contribution < 1.29 is 9.84 Å². The predicted molar refractivity (Wildman–Crippen MR) is 94.8 cm³/mol. The van der Waals surface area contributed by atoms with Crippen LogP contribution in [-0.4, -0.2) is 46.4 Å². The molecule has 1 fully saturated rings. The fourth-order valence-corrected chi connectivity index (χ4v) is 3.57. The molecule has 0 amide bonds. The summed E-state index contributed by atoms with van der Waals surface area (Å²) in [5.41, 5.74) is 7.30. The zero-order valence-electron chi connectivity index (χ0n) is 13.1. The van der Waals surface area contributed by atoms with E-state index in [1.165, 1.54) is 0 Å². The maximum Gasteiger partial charge on any atom is 0.238 e. The van der Waals surface area contributed by atoms with E-state index in [-0.39, 0.29) is 6.61 Å². The number of nitrogens with one attached hydrogen (secondary N) is 1. The summed E-state index contributed by atoms with van der Waals surface area (Å²) in [4.78, 5) is 9.11. The van der Waals surface area contributed by atoms with E-state index in [4.69, 9.17) is 9.72 Å². The Balaban J connectivity index is 1.64. The van der Waals surface area contributed by atoms with Crippen LogP contribution >= 0.6 is 11.3 Å². The van der Waals surface area contributed by atoms with Gasteiger partial charge in [-0.2, -0.15) is 0 Å². The number of benzene rings is 1. The number of hydrogen-bond acceptors (Lipinski definition) is 7. The van der Waals surface area contributed by atoms with Gasteiger partial charge in [-0.25, -0.2) is 15.0 Å². The lowest BCUT2D eigenvalue weighted by molar-refractivity contribution is 0.0493. The Kier molecular flexibility index (Phi) is 4.40. The van der Waals surface area contributed by atoms with Crippen molar-refractivity contribution in [2.45, 2.75) is 6.61 Å². The number of hydrogen-bond donors (Lipinski definition) is 2. The van der Waals surface area contributed by atoms with Crippen LogP contribution in [0.4, 0.5) is 5.95 Å². The summed E-state index contributed by atoms with van der Waals surface area (Å²) in [6.07, 6.45) is 1.86. The number of aromatic nitrogens is 2. The van der Waals surface area contributed by atoms with Crippen LogP contribution < -0.4 is 5.43 Å². The molecule has 0 aliphatic carbocycles. The second kappa shape index (κ2) is 6.82. The molecule has 7 heteroatoms. The number of aliphatic hydroxyl groups is 1. The molecule has 4 rings (SSSR count). The Morgan fingerprint density at radius 2 is 2.00 bits per heavy atom. The molecule has 2 aromatic heterocycles. The van der Waals surface area contributed by atoms with Gasteiger partial charge >= 0.3 is 0 Å². The van der Waals surface area contributed by atoms with Gasteiger partial charge in [0.05, 0.1) is 36.2 Å². The van der Waals surface area contributed by atoms with E-state index in [1.54, 1.807) is 11.3 Å². The van der Waals surface area contributed by atoms with Gasteiger partial charge in [-0.1, -0.05) is 24.3 Å². The molecule has 1 aliphatic rings. The first kappa shape index (κ1) is 15.5. The van der Waals surface area contributed by atoms with Crippen molar-refractivity contribution in [2.75, 3.05) is 31.7 Å². The normalized spacial score (nSPS) is 15.7. The fraction of sp³-hybridized carbons (Fsp3) is 0.294. The molecule has 1 saturated heterocycles. The smallest absolute Gasteiger partial charge is 0.238 e. The Bertz CT molecular complexity index is 828. The van der Waals surface area contributed by atoms with E-state index >= 15 is 0 Å². The molecule has 1 aliphatic heterocycles. The van der Waals surface area contributed by atoms with Crippen LogP contribution in [0.5, 0.6) is 0 Å². The van der Waals surface area contributed by atoms with Gasteiger partial charge in [0.25, 0.3) is 0 Å². The quantitative estimate of drug-likeness (QED) is 0.759. The molecule has 0 atom stereocenters. The summed E-state index contributed by atoms with van der Waals surface area (Å²) in [6.45, 7) is 3.13. The van der Waals surface area contributed by atoms with Crippen LogP contribution in [0.25, 0.3) is 21.3 Å². The fourth-order valence-electron chi connectivity index (χ4n) is 2.69. The number of hydrazine groups is 1. The van der Waals surface area contributed by atoms with E-state index in [0.717, 1.165) is 53.2 Å². The lowest BCUT2D eigenvalue weighted by atomic mass is 10.1. The minimum absolute atomic E-state index is 0.0560. The van der Waals surface area contributed by atoms with Crippen LogP contribution in [0, 0.1) is 0 Å². The van der Waals surface area contributed by atoms with Gasteiger partial charge in [-0.15, -0.1) is 11.3 Å². The highest BCUT2D eigenvalue weighted by atomic mass is 32.1. The summed E-state index contributed by atoms with van der Waals surface area (Å²) < 4.78 is 6.41. The number of ether oxygens (including phenoxy) is 1. The van der Waals surface area contributed by atoms with Crippen LogP contribution in [-0.2, 0) is 11.3 Å². The summed E-state index contributed by atoms with van der Waals surface area (Å²) in [5.74, 6) is 0.607. The van der Waals surface area contributed by atoms with E-state index in [1.807, 2.05) is 30.5 Å². The number of morpholine rings is 1. The van der Waals surface area contributed by atoms with Crippen LogP contribution in [0.3, 0.4) is 0 Å². The molecule has 0 saturated carbocycles. The average Bonchev–Trinajstić information content (AvgIpc) is 3.06. The Labute approximate surface area is 143 Å². The number of anilines is 1. The van der Waals surface area contributed by atoms with Gasteiger partial charge in [-0.05, 0) is 11.1 Å². The number of thiophene rings is 1. The Hall–Kier alpha value is -2.06. The van der Waals surface area contributed by atoms with Crippen molar-refractivity contribution in [1.82, 2.24) is 15.0 Å². The van der Waals surface area contributed by atoms with E-state index < -0.39 is 0 Å². The third-order valence-electron chi connectivity index (χ3n) is 4.03. The SMILES string of the molecule is OCc1ccc(-c2csc3cnc(NN4CCOCC4)nc23)cc1. The summed E-state index contributed by atoms with van der Waals surface area (Å²) >= 11 is 1.64. The molecule has 0 spiro atoms. The number of fused-ring (bicyclic) bond motifs is 1. The highest BCUT2D eigenvalue weighted by Crippen LogP contribution is 2.33. The summed E-state index contributed by atoms with van der Waals surface area (Å²) in [5, 5.41) is 13.4. The summed E-state index contributed by atoms with van der Waals surface area (Å²) in [6, 6.07) is 7.91. The van der Waals surface area contributed by atoms with E-state index in [0.29, 0.717) is 5.95 Å². The Morgan fingerprint density at radius 1 is 1.21 bits per heavy atom. The standard InChI is InChI=1S/C17H18N4O2S/c22-10-12-1-3-13(4-2-12)14-11-24-15-9-18-17(19-16(14)15)20-21-5-7-23-8-6-21/h1-4,9,11,22H,5-8,10H2,(H,18,19,20). The van der Waals surface area contributed by atoms with Crippen molar-refractivity contribution in [2.24, 2.45) is 0 Å². The minimum Gasteiger partial charge on any atom is -0.392 e. The maximum atomic E-state index is 9.18. The zero-order valence-corrected chi connectivity index (χ0v) is 13.9. The largest absolute Gasteiger partial charge is 0.392 e. The van der Waals surface area contributed by atoms with Crippen molar-refractivity contribution in [3.8, 4) is 11.1 Å². The third-order valence-corrected chi connectivity index (χ3v) is 4.94. The van der Waals surface area contributed by atoms with Gasteiger partial charge in [-0.3, -0.25) is 5.43 Å². The highest BCUT2D eigenvalue weighted by Gasteiger charge is 2.13. The van der Waals surface area contributed by atoms with Crippen LogP contribution in [0.15, 0.2) is 35.8 Å². The van der Waals surface area contributed by atoms with E-state index in [2.05, 4.69) is 20.8 Å². The number of rotatable bonds is 4. The molecule has 2 N–H and O–H groups in total. The Morgan fingerprint density at radius 3 is 2.75 bits per heavy atom. The first-order chi connectivity index (χ1) is 11.8. The topological polar surface area (TPSA) is 70.5 Å². The molecule has 124 valence electrons. The molecule has 1 aromatic carbocycles. The van der Waals surface area contributed by atoms with Crippen molar-refractivity contribution in [1.29, 1.82) is 0 Å². The van der Waals surface area contributed by atoms with Crippen LogP contribution in [0.2, 0.25) is 0 Å². The van der Waals surface area contributed by atoms with Crippen molar-refractivity contribution in [3.63, 3.8) is 0 Å². The van der Waals surface area contributed by atoms with Gasteiger partial charge in [0.15, 0.2) is 0 Å². The molecular formula is C17H18N4O2S. The molecule has 3 aromatic rings. The van der Waals surface area contributed by atoms with Gasteiger partial charge in [0.1, 0.15) is 0 Å². The number of nitrogens with zero attached hydrogens (tertiary/aromatic N) is 3. The lowest BCUT2D eigenvalue weighted by Gasteiger charge is -2.26. The molecular weight excluding hydrogens is 324 g/mol. The summed E-state index contributed by atoms with van der Waals surface area (Å²) in [7, 11) is 0. The lowest BCUT2D eigenvalue weighted by Crippen LogP contribution is -2.40. The maximum absolute atomic E-state index is 9.18. The monoisotopic (exact) mass is 342 g/mol. The second-order valence-electron chi connectivity index (χ2n) is 5.62. The molecule has 24 heavy (non-hydrogen) atoms.